The van der Waals surface area contributed by atoms with Crippen LogP contribution in [0.1, 0.15) is 27.0 Å². The zero-order valence-electron chi connectivity index (χ0n) is 23.3. The van der Waals surface area contributed by atoms with Gasteiger partial charge in [-0.1, -0.05) is 20.8 Å². The highest BCUT2D eigenvalue weighted by Crippen LogP contribution is 2.61. The van der Waals surface area contributed by atoms with Crippen molar-refractivity contribution in [3.05, 3.63) is 33.1 Å². The summed E-state index contributed by atoms with van der Waals surface area (Å²) in [6.45, 7) is 9.07. The predicted molar refractivity (Wildman–Crippen MR) is 142 cm³/mol. The monoisotopic (exact) mass is 667 g/mol. The molecule has 2 heterocycles. The second-order valence-corrected chi connectivity index (χ2v) is 12.5. The summed E-state index contributed by atoms with van der Waals surface area (Å²) in [5.74, 6) is 0. The van der Waals surface area contributed by atoms with Gasteiger partial charge in [-0.05, 0) is 19.6 Å². The summed E-state index contributed by atoms with van der Waals surface area (Å²) in [6.07, 6.45) is -18.9. The van der Waals surface area contributed by atoms with Crippen LogP contribution in [0.2, 0.25) is 0 Å². The highest BCUT2D eigenvalue weighted by molar-refractivity contribution is 7.61. The quantitative estimate of drug-likeness (QED) is 0.100. The first kappa shape index (κ1) is 37.8. The van der Waals surface area contributed by atoms with Crippen molar-refractivity contribution in [3.8, 4) is 0 Å². The van der Waals surface area contributed by atoms with Crippen LogP contribution in [0.25, 0.3) is 0 Å². The van der Waals surface area contributed by atoms with Gasteiger partial charge in [0, 0.05) is 12.3 Å². The summed E-state index contributed by atoms with van der Waals surface area (Å²) in [5.41, 5.74) is -1.77. The number of nitrogens with one attached hydrogen (secondary N) is 1. The van der Waals surface area contributed by atoms with Gasteiger partial charge < -0.3 is 55.2 Å². The van der Waals surface area contributed by atoms with E-state index >= 15 is 0 Å². The smallest absolute Gasteiger partial charge is 0.387 e. The zero-order chi connectivity index (χ0) is 32.9. The molecule has 1 aliphatic heterocycles. The molecule has 3 rings (SSSR count). The molecular formula is C21H39N3O17P2. The molecule has 1 saturated carbocycles. The molecule has 22 heteroatoms. The SMILES string of the molecule is CCN(CC)CC.O=c1ccn([C@@H]2O[C@H](COP(=O)(O)OP(=O)(O)OC3[C@@H](O)[C@H](O)C(O)[C@H](O)[C@H]3O)[C@@H](O)[C@H]2O)c(=O)[nH]1. The first-order valence-electron chi connectivity index (χ1n) is 13.0. The van der Waals surface area contributed by atoms with E-state index in [1.165, 1.54) is 19.6 Å². The van der Waals surface area contributed by atoms with Crippen LogP contribution in [0.3, 0.4) is 0 Å². The first-order chi connectivity index (χ1) is 19.9. The minimum Gasteiger partial charge on any atom is -0.387 e. The van der Waals surface area contributed by atoms with E-state index < -0.39 is 94.7 Å². The molecule has 2 aliphatic rings. The summed E-state index contributed by atoms with van der Waals surface area (Å²) in [4.78, 5) is 46.8. The Hall–Kier alpha value is -1.42. The molecule has 1 aliphatic carbocycles. The first-order valence-corrected chi connectivity index (χ1v) is 16.0. The van der Waals surface area contributed by atoms with Crippen LogP contribution in [0.15, 0.2) is 21.9 Å². The lowest BCUT2D eigenvalue weighted by atomic mass is 9.85. The van der Waals surface area contributed by atoms with Crippen LogP contribution < -0.4 is 11.2 Å². The molecule has 12 atom stereocenters. The molecule has 4 unspecified atom stereocenters. The number of aliphatic hydroxyl groups excluding tert-OH is 7. The van der Waals surface area contributed by atoms with Crippen LogP contribution in [-0.2, 0) is 27.2 Å². The van der Waals surface area contributed by atoms with Gasteiger partial charge in [0.2, 0.25) is 0 Å². The van der Waals surface area contributed by atoms with Gasteiger partial charge in [0.05, 0.1) is 6.61 Å². The van der Waals surface area contributed by atoms with Gasteiger partial charge in [-0.25, -0.2) is 13.9 Å². The number of hydrogen-bond acceptors (Lipinski definition) is 16. The third kappa shape index (κ3) is 9.78. The number of hydrogen-bond donors (Lipinski definition) is 10. The average molecular weight is 667 g/mol. The van der Waals surface area contributed by atoms with Crippen molar-refractivity contribution in [2.45, 2.75) is 81.9 Å². The molecule has 1 saturated heterocycles. The van der Waals surface area contributed by atoms with E-state index in [4.69, 9.17) is 4.74 Å². The number of rotatable bonds is 11. The van der Waals surface area contributed by atoms with Gasteiger partial charge >= 0.3 is 21.3 Å². The van der Waals surface area contributed by atoms with Crippen molar-refractivity contribution in [2.24, 2.45) is 0 Å². The molecule has 250 valence electrons. The molecule has 1 aromatic heterocycles. The van der Waals surface area contributed by atoms with E-state index in [-0.39, 0.29) is 0 Å². The summed E-state index contributed by atoms with van der Waals surface area (Å²) in [6, 6.07) is 0.918. The second kappa shape index (κ2) is 15.7. The van der Waals surface area contributed by atoms with Crippen molar-refractivity contribution in [1.82, 2.24) is 14.5 Å². The third-order valence-corrected chi connectivity index (χ3v) is 9.38. The topological polar surface area (TPSA) is 311 Å². The van der Waals surface area contributed by atoms with Gasteiger partial charge in [0.1, 0.15) is 54.9 Å². The van der Waals surface area contributed by atoms with Crippen LogP contribution in [0, 0.1) is 0 Å². The maximum absolute atomic E-state index is 12.2. The lowest BCUT2D eigenvalue weighted by Crippen LogP contribution is -2.64. The molecule has 0 amide bonds. The van der Waals surface area contributed by atoms with E-state index in [0.29, 0.717) is 4.57 Å². The summed E-state index contributed by atoms with van der Waals surface area (Å²) in [5, 5.41) is 68.7. The van der Waals surface area contributed by atoms with E-state index in [9.17, 15) is 64.3 Å². The molecule has 0 radical (unpaired) electrons. The lowest BCUT2D eigenvalue weighted by molar-refractivity contribution is -0.219. The highest BCUT2D eigenvalue weighted by atomic mass is 31.3. The van der Waals surface area contributed by atoms with E-state index in [1.807, 2.05) is 4.98 Å². The van der Waals surface area contributed by atoms with Crippen molar-refractivity contribution < 1.29 is 72.8 Å². The van der Waals surface area contributed by atoms with Gasteiger partial charge in [-0.15, -0.1) is 0 Å². The molecule has 0 aromatic carbocycles. The molecule has 10 N–H and O–H groups in total. The average Bonchev–Trinajstić information content (AvgIpc) is 3.21. The number of aliphatic hydroxyl groups is 7. The number of H-pyrrole nitrogens is 1. The fraction of sp³-hybridized carbons (Fsp3) is 0.810. The number of phosphoric ester groups is 2. The minimum atomic E-state index is -5.68. The molecule has 2 fully saturated rings. The number of ether oxygens (including phenoxy) is 1. The highest BCUT2D eigenvalue weighted by Gasteiger charge is 2.52. The fourth-order valence-electron chi connectivity index (χ4n) is 4.21. The van der Waals surface area contributed by atoms with Gasteiger partial charge in [-0.3, -0.25) is 23.4 Å². The van der Waals surface area contributed by atoms with Crippen molar-refractivity contribution >= 4 is 15.6 Å². The Balaban J connectivity index is 0.000000821. The predicted octanol–water partition coefficient (Wildman–Crippen LogP) is -4.06. The van der Waals surface area contributed by atoms with Crippen LogP contribution in [-0.4, -0.2) is 141 Å². The molecule has 1 aromatic rings. The largest absolute Gasteiger partial charge is 0.481 e. The number of aromatic amines is 1. The molecule has 0 bridgehead atoms. The lowest BCUT2D eigenvalue weighted by Gasteiger charge is -2.41. The second-order valence-electron chi connectivity index (χ2n) is 9.52. The standard InChI is InChI=1S/C15H24N2O17P2.C6H15N/c18-5-1-2-17(15(26)16-5)14-12(25)6(19)4(32-14)3-31-35(27,28)34-36(29,30)33-13-10(23)8(21)7(20)9(22)11(13)24;1-4-7(5-2)6-3/h1-2,4,6-14,19-25H,3H2,(H,27,28)(H,29,30)(H,16,18,26);4-6H2,1-3H3/t4-,6-,7?,8-,9+,10+,11-,12-,13?,14-;/m1./s1. The fourth-order valence-corrected chi connectivity index (χ4v) is 6.49. The molecule has 0 spiro atoms. The van der Waals surface area contributed by atoms with Crippen LogP contribution in [0.4, 0.5) is 0 Å². The van der Waals surface area contributed by atoms with Gasteiger partial charge in [-0.2, -0.15) is 4.31 Å². The van der Waals surface area contributed by atoms with Gasteiger partial charge in [0.25, 0.3) is 5.56 Å². The van der Waals surface area contributed by atoms with Crippen LogP contribution >= 0.6 is 15.6 Å². The maximum Gasteiger partial charge on any atom is 0.481 e. The Bertz CT molecular complexity index is 1220. The van der Waals surface area contributed by atoms with Crippen molar-refractivity contribution in [1.29, 1.82) is 0 Å². The number of aromatic nitrogens is 2. The Morgan fingerprint density at radius 1 is 0.837 bits per heavy atom. The number of nitrogens with zero attached hydrogens (tertiary/aromatic N) is 2. The number of phosphoric acid groups is 2. The summed E-state index contributed by atoms with van der Waals surface area (Å²) < 4.78 is 43.1. The molecular weight excluding hydrogens is 628 g/mol. The van der Waals surface area contributed by atoms with Crippen molar-refractivity contribution in [2.75, 3.05) is 26.2 Å². The third-order valence-electron chi connectivity index (χ3n) is 6.74. The Morgan fingerprint density at radius 2 is 1.35 bits per heavy atom. The summed E-state index contributed by atoms with van der Waals surface area (Å²) >= 11 is 0. The van der Waals surface area contributed by atoms with Crippen LogP contribution in [0.5, 0.6) is 0 Å². The zero-order valence-corrected chi connectivity index (χ0v) is 25.1. The van der Waals surface area contributed by atoms with E-state index in [0.717, 1.165) is 12.3 Å². The summed E-state index contributed by atoms with van der Waals surface area (Å²) in [7, 11) is -11.2. The van der Waals surface area contributed by atoms with Crippen molar-refractivity contribution in [3.63, 3.8) is 0 Å². The molecule has 20 nitrogen and oxygen atoms in total. The van der Waals surface area contributed by atoms with Gasteiger partial charge in [0.15, 0.2) is 6.23 Å². The van der Waals surface area contributed by atoms with E-state index in [1.54, 1.807) is 0 Å². The molecule has 43 heavy (non-hydrogen) atoms. The minimum absolute atomic E-state index is 0.709. The maximum atomic E-state index is 12.2. The normalized spacial score (nSPS) is 35.6. The Morgan fingerprint density at radius 3 is 1.81 bits per heavy atom. The van der Waals surface area contributed by atoms with E-state index in [2.05, 4.69) is 39.0 Å². The Kier molecular flexibility index (Phi) is 13.8. The Labute approximate surface area is 244 Å².